The summed E-state index contributed by atoms with van der Waals surface area (Å²) in [5.74, 6) is 0.228. The molecule has 2 nitrogen and oxygen atoms in total. The third-order valence-corrected chi connectivity index (χ3v) is 2.96. The summed E-state index contributed by atoms with van der Waals surface area (Å²) >= 11 is 0. The molecule has 2 heteroatoms. The summed E-state index contributed by atoms with van der Waals surface area (Å²) in [7, 11) is 0. The lowest BCUT2D eigenvalue weighted by molar-refractivity contribution is -0.0621. The fourth-order valence-electron chi connectivity index (χ4n) is 2.14. The molecule has 0 aromatic heterocycles. The van der Waals surface area contributed by atoms with Crippen molar-refractivity contribution >= 4 is 0 Å². The SMILES string of the molecule is CCOC1C=C(C)CCC1C(C)(C)O. The molecule has 0 saturated carbocycles. The molecule has 0 saturated heterocycles. The lowest BCUT2D eigenvalue weighted by Gasteiger charge is -2.37. The van der Waals surface area contributed by atoms with Gasteiger partial charge in [0.15, 0.2) is 0 Å². The van der Waals surface area contributed by atoms with Gasteiger partial charge in [0.05, 0.1) is 11.7 Å². The van der Waals surface area contributed by atoms with Gasteiger partial charge in [-0.1, -0.05) is 11.6 Å². The molecule has 0 aromatic carbocycles. The normalized spacial score (nSPS) is 28.8. The van der Waals surface area contributed by atoms with Gasteiger partial charge < -0.3 is 9.84 Å². The maximum atomic E-state index is 10.0. The Labute approximate surface area is 87.0 Å². The Morgan fingerprint density at radius 1 is 1.57 bits per heavy atom. The topological polar surface area (TPSA) is 29.5 Å². The number of hydrogen-bond acceptors (Lipinski definition) is 2. The van der Waals surface area contributed by atoms with Crippen LogP contribution in [0.4, 0.5) is 0 Å². The Bertz CT molecular complexity index is 213. The third kappa shape index (κ3) is 2.82. The predicted octanol–water partition coefficient (Wildman–Crippen LogP) is 2.52. The molecule has 0 amide bonds. The van der Waals surface area contributed by atoms with Gasteiger partial charge in [-0.05, 0) is 40.5 Å². The third-order valence-electron chi connectivity index (χ3n) is 2.96. The van der Waals surface area contributed by atoms with Gasteiger partial charge in [0.25, 0.3) is 0 Å². The van der Waals surface area contributed by atoms with Crippen LogP contribution in [0.5, 0.6) is 0 Å². The van der Waals surface area contributed by atoms with Crippen LogP contribution < -0.4 is 0 Å². The quantitative estimate of drug-likeness (QED) is 0.706. The summed E-state index contributed by atoms with van der Waals surface area (Å²) in [6, 6.07) is 0. The lowest BCUT2D eigenvalue weighted by atomic mass is 9.78. The summed E-state index contributed by atoms with van der Waals surface area (Å²) in [6.07, 6.45) is 4.36. The number of allylic oxidation sites excluding steroid dienone is 1. The summed E-state index contributed by atoms with van der Waals surface area (Å²) in [5, 5.41) is 10.0. The molecule has 0 fully saturated rings. The van der Waals surface area contributed by atoms with Crippen molar-refractivity contribution in [2.75, 3.05) is 6.61 Å². The second-order valence-corrected chi connectivity index (χ2v) is 4.73. The maximum Gasteiger partial charge on any atom is 0.0813 e. The summed E-state index contributed by atoms with van der Waals surface area (Å²) in [6.45, 7) is 8.59. The van der Waals surface area contributed by atoms with Crippen molar-refractivity contribution in [3.05, 3.63) is 11.6 Å². The van der Waals surface area contributed by atoms with Crippen LogP contribution in [0.25, 0.3) is 0 Å². The van der Waals surface area contributed by atoms with E-state index in [1.165, 1.54) is 5.57 Å². The molecule has 2 atom stereocenters. The highest BCUT2D eigenvalue weighted by Gasteiger charge is 2.35. The zero-order valence-corrected chi connectivity index (χ0v) is 9.71. The lowest BCUT2D eigenvalue weighted by Crippen LogP contribution is -2.41. The van der Waals surface area contributed by atoms with Gasteiger partial charge in [0.2, 0.25) is 0 Å². The van der Waals surface area contributed by atoms with Crippen molar-refractivity contribution in [2.45, 2.75) is 52.2 Å². The van der Waals surface area contributed by atoms with Gasteiger partial charge in [0, 0.05) is 12.5 Å². The fourth-order valence-corrected chi connectivity index (χ4v) is 2.14. The van der Waals surface area contributed by atoms with E-state index in [4.69, 9.17) is 4.74 Å². The maximum absolute atomic E-state index is 10.0. The first-order valence-electron chi connectivity index (χ1n) is 5.46. The van der Waals surface area contributed by atoms with E-state index in [2.05, 4.69) is 13.0 Å². The fraction of sp³-hybridized carbons (Fsp3) is 0.833. The highest BCUT2D eigenvalue weighted by atomic mass is 16.5. The van der Waals surface area contributed by atoms with Crippen molar-refractivity contribution in [1.82, 2.24) is 0 Å². The first kappa shape index (κ1) is 11.7. The molecule has 0 bridgehead atoms. The minimum atomic E-state index is -0.642. The molecule has 0 heterocycles. The number of hydrogen-bond donors (Lipinski definition) is 1. The van der Waals surface area contributed by atoms with E-state index in [-0.39, 0.29) is 12.0 Å². The standard InChI is InChI=1S/C12H22O2/c1-5-14-11-8-9(2)6-7-10(11)12(3,4)13/h8,10-11,13H,5-7H2,1-4H3. The van der Waals surface area contributed by atoms with Gasteiger partial charge in [-0.25, -0.2) is 0 Å². The first-order chi connectivity index (χ1) is 6.45. The molecule has 0 aliphatic heterocycles. The number of rotatable bonds is 3. The van der Waals surface area contributed by atoms with Crippen LogP contribution in [0.1, 0.15) is 40.5 Å². The molecule has 14 heavy (non-hydrogen) atoms. The second kappa shape index (κ2) is 4.45. The van der Waals surface area contributed by atoms with Crippen molar-refractivity contribution in [1.29, 1.82) is 0 Å². The Kier molecular flexibility index (Phi) is 3.73. The Balaban J connectivity index is 2.75. The molecule has 1 aliphatic rings. The average Bonchev–Trinajstić information content (AvgIpc) is 2.02. The molecule has 0 radical (unpaired) electrons. The van der Waals surface area contributed by atoms with E-state index in [9.17, 15) is 5.11 Å². The largest absolute Gasteiger partial charge is 0.390 e. The van der Waals surface area contributed by atoms with Crippen molar-refractivity contribution in [3.63, 3.8) is 0 Å². The molecular formula is C12H22O2. The molecule has 1 rings (SSSR count). The van der Waals surface area contributed by atoms with E-state index >= 15 is 0 Å². The molecule has 1 aliphatic carbocycles. The van der Waals surface area contributed by atoms with E-state index in [1.54, 1.807) is 0 Å². The van der Waals surface area contributed by atoms with Crippen LogP contribution in [0, 0.1) is 5.92 Å². The highest BCUT2D eigenvalue weighted by Crippen LogP contribution is 2.33. The van der Waals surface area contributed by atoms with Crippen LogP contribution in [0.3, 0.4) is 0 Å². The first-order valence-corrected chi connectivity index (χ1v) is 5.46. The Hall–Kier alpha value is -0.340. The van der Waals surface area contributed by atoms with Crippen molar-refractivity contribution in [3.8, 4) is 0 Å². The molecular weight excluding hydrogens is 176 g/mol. The van der Waals surface area contributed by atoms with Crippen LogP contribution >= 0.6 is 0 Å². The highest BCUT2D eigenvalue weighted by molar-refractivity contribution is 5.10. The van der Waals surface area contributed by atoms with Gasteiger partial charge in [-0.15, -0.1) is 0 Å². The summed E-state index contributed by atoms with van der Waals surface area (Å²) in [5.41, 5.74) is 0.737. The molecule has 0 aromatic rings. The zero-order valence-electron chi connectivity index (χ0n) is 9.71. The van der Waals surface area contributed by atoms with Gasteiger partial charge in [-0.2, -0.15) is 0 Å². The molecule has 82 valence electrons. The van der Waals surface area contributed by atoms with Gasteiger partial charge in [-0.3, -0.25) is 0 Å². The van der Waals surface area contributed by atoms with E-state index < -0.39 is 5.60 Å². The van der Waals surface area contributed by atoms with E-state index in [0.717, 1.165) is 12.8 Å². The zero-order chi connectivity index (χ0) is 10.8. The molecule has 2 unspecified atom stereocenters. The van der Waals surface area contributed by atoms with Crippen LogP contribution in [0.15, 0.2) is 11.6 Å². The summed E-state index contributed by atoms with van der Waals surface area (Å²) < 4.78 is 5.66. The van der Waals surface area contributed by atoms with Crippen LogP contribution in [-0.4, -0.2) is 23.4 Å². The Morgan fingerprint density at radius 3 is 2.71 bits per heavy atom. The average molecular weight is 198 g/mol. The predicted molar refractivity (Wildman–Crippen MR) is 58.2 cm³/mol. The van der Waals surface area contributed by atoms with Crippen LogP contribution in [-0.2, 0) is 4.74 Å². The van der Waals surface area contributed by atoms with E-state index in [1.807, 2.05) is 20.8 Å². The van der Waals surface area contributed by atoms with Gasteiger partial charge in [0.1, 0.15) is 0 Å². The van der Waals surface area contributed by atoms with Crippen molar-refractivity contribution in [2.24, 2.45) is 5.92 Å². The second-order valence-electron chi connectivity index (χ2n) is 4.73. The minimum absolute atomic E-state index is 0.0914. The molecule has 1 N–H and O–H groups in total. The van der Waals surface area contributed by atoms with Crippen molar-refractivity contribution < 1.29 is 9.84 Å². The smallest absolute Gasteiger partial charge is 0.0813 e. The molecule has 0 spiro atoms. The van der Waals surface area contributed by atoms with Gasteiger partial charge >= 0.3 is 0 Å². The van der Waals surface area contributed by atoms with E-state index in [0.29, 0.717) is 6.61 Å². The number of ether oxygens (including phenoxy) is 1. The van der Waals surface area contributed by atoms with Crippen LogP contribution in [0.2, 0.25) is 0 Å². The summed E-state index contributed by atoms with van der Waals surface area (Å²) in [4.78, 5) is 0. The monoisotopic (exact) mass is 198 g/mol. The number of aliphatic hydroxyl groups is 1. The minimum Gasteiger partial charge on any atom is -0.390 e. The Morgan fingerprint density at radius 2 is 2.21 bits per heavy atom.